The fourth-order valence-electron chi connectivity index (χ4n) is 2.76. The van der Waals surface area contributed by atoms with Gasteiger partial charge in [-0.3, -0.25) is 4.79 Å². The first kappa shape index (κ1) is 12.4. The highest BCUT2D eigenvalue weighted by atomic mass is 16.4. The van der Waals surface area contributed by atoms with Gasteiger partial charge in [0, 0.05) is 28.8 Å². The molecule has 2 unspecified atom stereocenters. The lowest BCUT2D eigenvalue weighted by Gasteiger charge is -2.33. The van der Waals surface area contributed by atoms with E-state index in [-0.39, 0.29) is 5.91 Å². The number of hydrogen-bond donors (Lipinski definition) is 2. The largest absolute Gasteiger partial charge is 0.550 e. The third kappa shape index (κ3) is 1.47. The van der Waals surface area contributed by atoms with E-state index >= 15 is 0 Å². The number of amides is 1. The zero-order valence-electron chi connectivity index (χ0n) is 10.3. The Labute approximate surface area is 105 Å². The Morgan fingerprint density at radius 3 is 2.78 bits per heavy atom. The van der Waals surface area contributed by atoms with Crippen molar-refractivity contribution in [2.75, 3.05) is 11.1 Å². The Balaban J connectivity index is 2.65. The maximum absolute atomic E-state index is 12.2. The second kappa shape index (κ2) is 4.01. The van der Waals surface area contributed by atoms with E-state index < -0.39 is 17.3 Å². The predicted molar refractivity (Wildman–Crippen MR) is 65.6 cm³/mol. The number of aliphatic carboxylic acids is 1. The van der Waals surface area contributed by atoms with Crippen LogP contribution in [-0.4, -0.2) is 11.9 Å². The van der Waals surface area contributed by atoms with Gasteiger partial charge in [0.2, 0.25) is 5.91 Å². The van der Waals surface area contributed by atoms with Gasteiger partial charge in [-0.25, -0.2) is 0 Å². The van der Waals surface area contributed by atoms with Crippen molar-refractivity contribution in [3.8, 4) is 0 Å². The lowest BCUT2D eigenvalue weighted by Crippen LogP contribution is -2.48. The fraction of sp³-hybridized carbons (Fsp3) is 0.385. The van der Waals surface area contributed by atoms with Crippen LogP contribution < -0.4 is 16.2 Å². The van der Waals surface area contributed by atoms with Gasteiger partial charge in [0.05, 0.1) is 5.41 Å². The average molecular weight is 247 g/mol. The van der Waals surface area contributed by atoms with Gasteiger partial charge in [-0.15, -0.1) is 0 Å². The van der Waals surface area contributed by atoms with Gasteiger partial charge in [-0.1, -0.05) is 13.0 Å². The van der Waals surface area contributed by atoms with Gasteiger partial charge in [-0.05, 0) is 25.5 Å². The highest BCUT2D eigenvalue weighted by Crippen LogP contribution is 2.46. The molecule has 18 heavy (non-hydrogen) atoms. The van der Waals surface area contributed by atoms with E-state index in [2.05, 4.69) is 5.32 Å². The summed E-state index contributed by atoms with van der Waals surface area (Å²) in [5, 5.41) is 13.9. The Morgan fingerprint density at radius 2 is 2.22 bits per heavy atom. The van der Waals surface area contributed by atoms with Crippen LogP contribution in [0, 0.1) is 5.92 Å². The maximum Gasteiger partial charge on any atom is 0.235 e. The minimum absolute atomic E-state index is 0.306. The van der Waals surface area contributed by atoms with Crippen LogP contribution in [0.15, 0.2) is 18.2 Å². The predicted octanol–water partition coefficient (Wildman–Crippen LogP) is 0.255. The van der Waals surface area contributed by atoms with Crippen molar-refractivity contribution in [3.63, 3.8) is 0 Å². The molecular formula is C13H15N2O3-. The number of carbonyl (C=O) groups excluding carboxylic acids is 2. The number of fused-ring (bicyclic) bond motifs is 1. The van der Waals surface area contributed by atoms with Gasteiger partial charge in [0.25, 0.3) is 0 Å². The number of anilines is 2. The van der Waals surface area contributed by atoms with E-state index in [4.69, 9.17) is 5.73 Å². The van der Waals surface area contributed by atoms with Crippen molar-refractivity contribution in [1.29, 1.82) is 0 Å². The highest BCUT2D eigenvalue weighted by Gasteiger charge is 2.49. The summed E-state index contributed by atoms with van der Waals surface area (Å²) in [4.78, 5) is 23.4. The number of benzene rings is 1. The average Bonchev–Trinajstić information content (AvgIpc) is 2.53. The highest BCUT2D eigenvalue weighted by molar-refractivity contribution is 6.09. The SMILES string of the molecule is CCC(C(=O)[O-])C1(C)C(=O)Nc2cccc(N)c21. The Morgan fingerprint density at radius 1 is 1.56 bits per heavy atom. The topological polar surface area (TPSA) is 95.2 Å². The number of carboxylic acid groups (broad SMARTS) is 1. The van der Waals surface area contributed by atoms with Crippen molar-refractivity contribution in [3.05, 3.63) is 23.8 Å². The molecule has 5 heteroatoms. The van der Waals surface area contributed by atoms with Gasteiger partial charge >= 0.3 is 0 Å². The summed E-state index contributed by atoms with van der Waals surface area (Å²) in [5.74, 6) is -2.47. The molecular weight excluding hydrogens is 232 g/mol. The van der Waals surface area contributed by atoms with E-state index in [0.29, 0.717) is 23.4 Å². The molecule has 2 rings (SSSR count). The molecule has 1 amide bonds. The van der Waals surface area contributed by atoms with E-state index in [0.717, 1.165) is 0 Å². The third-order valence-corrected chi connectivity index (χ3v) is 3.73. The van der Waals surface area contributed by atoms with Gasteiger partial charge in [-0.2, -0.15) is 0 Å². The van der Waals surface area contributed by atoms with Crippen LogP contribution >= 0.6 is 0 Å². The first-order valence-electron chi connectivity index (χ1n) is 5.84. The standard InChI is InChI=1S/C13H16N2O3/c1-3-7(11(16)17)13(2)10-8(14)5-4-6-9(10)15-12(13)18/h4-7H,3,14H2,1-2H3,(H,15,18)(H,16,17)/p-1. The molecule has 1 aromatic rings. The molecule has 0 saturated heterocycles. The summed E-state index contributed by atoms with van der Waals surface area (Å²) in [6.45, 7) is 3.32. The van der Waals surface area contributed by atoms with Crippen molar-refractivity contribution in [2.24, 2.45) is 5.92 Å². The van der Waals surface area contributed by atoms with Crippen LogP contribution in [0.5, 0.6) is 0 Å². The van der Waals surface area contributed by atoms with E-state index in [1.807, 2.05) is 0 Å². The normalized spacial score (nSPS) is 23.3. The van der Waals surface area contributed by atoms with Gasteiger partial charge in [0.15, 0.2) is 0 Å². The van der Waals surface area contributed by atoms with Crippen LogP contribution in [0.2, 0.25) is 0 Å². The molecule has 0 saturated carbocycles. The second-order valence-corrected chi connectivity index (χ2v) is 4.71. The number of nitrogens with two attached hydrogens (primary N) is 1. The molecule has 1 aliphatic rings. The summed E-state index contributed by atoms with van der Waals surface area (Å²) in [7, 11) is 0. The van der Waals surface area contributed by atoms with E-state index in [9.17, 15) is 14.7 Å². The molecule has 96 valence electrons. The number of nitrogen functional groups attached to an aromatic ring is 1. The third-order valence-electron chi connectivity index (χ3n) is 3.73. The summed E-state index contributed by atoms with van der Waals surface area (Å²) < 4.78 is 0. The minimum atomic E-state index is -1.23. The first-order chi connectivity index (χ1) is 8.42. The Bertz CT molecular complexity index is 527. The van der Waals surface area contributed by atoms with Gasteiger partial charge < -0.3 is 21.0 Å². The molecule has 2 atom stereocenters. The lowest BCUT2D eigenvalue weighted by molar-refractivity contribution is -0.313. The number of carbonyl (C=O) groups is 2. The van der Waals surface area contributed by atoms with Crippen LogP contribution in [-0.2, 0) is 15.0 Å². The Kier molecular flexibility index (Phi) is 2.77. The summed E-state index contributed by atoms with van der Waals surface area (Å²) in [5.41, 5.74) is 6.30. The molecule has 1 aliphatic heterocycles. The van der Waals surface area contributed by atoms with Gasteiger partial charge in [0.1, 0.15) is 0 Å². The van der Waals surface area contributed by atoms with E-state index in [1.165, 1.54) is 0 Å². The molecule has 1 heterocycles. The second-order valence-electron chi connectivity index (χ2n) is 4.71. The van der Waals surface area contributed by atoms with Crippen LogP contribution in [0.1, 0.15) is 25.8 Å². The molecule has 1 aromatic carbocycles. The number of hydrogen-bond acceptors (Lipinski definition) is 4. The zero-order valence-corrected chi connectivity index (χ0v) is 10.3. The number of carboxylic acids is 1. The molecule has 0 spiro atoms. The van der Waals surface area contributed by atoms with Crippen LogP contribution in [0.4, 0.5) is 11.4 Å². The molecule has 0 radical (unpaired) electrons. The molecule has 0 aromatic heterocycles. The fourth-order valence-corrected chi connectivity index (χ4v) is 2.76. The van der Waals surface area contributed by atoms with Crippen molar-refractivity contribution in [1.82, 2.24) is 0 Å². The van der Waals surface area contributed by atoms with Crippen LogP contribution in [0.3, 0.4) is 0 Å². The molecule has 0 aliphatic carbocycles. The zero-order chi connectivity index (χ0) is 13.5. The van der Waals surface area contributed by atoms with Crippen molar-refractivity contribution < 1.29 is 14.7 Å². The van der Waals surface area contributed by atoms with E-state index in [1.54, 1.807) is 32.0 Å². The quantitative estimate of drug-likeness (QED) is 0.749. The molecule has 0 fully saturated rings. The summed E-state index contributed by atoms with van der Waals surface area (Å²) >= 11 is 0. The number of nitrogens with one attached hydrogen (secondary N) is 1. The van der Waals surface area contributed by atoms with Crippen molar-refractivity contribution in [2.45, 2.75) is 25.7 Å². The maximum atomic E-state index is 12.2. The molecule has 0 bridgehead atoms. The molecule has 5 nitrogen and oxygen atoms in total. The lowest BCUT2D eigenvalue weighted by atomic mass is 9.71. The smallest absolute Gasteiger partial charge is 0.235 e. The molecule has 3 N–H and O–H groups in total. The minimum Gasteiger partial charge on any atom is -0.550 e. The van der Waals surface area contributed by atoms with Crippen molar-refractivity contribution >= 4 is 23.3 Å². The number of rotatable bonds is 3. The first-order valence-corrected chi connectivity index (χ1v) is 5.84. The Hall–Kier alpha value is -2.04. The summed E-state index contributed by atoms with van der Waals surface area (Å²) in [6, 6.07) is 5.11. The summed E-state index contributed by atoms with van der Waals surface area (Å²) in [6.07, 6.45) is 0.306. The van der Waals surface area contributed by atoms with Crippen LogP contribution in [0.25, 0.3) is 0 Å². The monoisotopic (exact) mass is 247 g/mol.